The SMILES string of the molecule is CCC(=Cc1sc2c([n+]1CC)[Te]C(C)C(C)=C2)C=C1Sc2ccc(Cl)cc2N1CCCS(=O)(=O)O.[OH-]. The van der Waals surface area contributed by atoms with Gasteiger partial charge in [-0.15, -0.1) is 0 Å². The van der Waals surface area contributed by atoms with Crippen LogP contribution in [0.5, 0.6) is 0 Å². The smallest absolute Gasteiger partial charge is 0.870 e. The van der Waals surface area contributed by atoms with Gasteiger partial charge in [0.25, 0.3) is 0 Å². The van der Waals surface area contributed by atoms with Crippen molar-refractivity contribution in [2.75, 3.05) is 17.2 Å². The van der Waals surface area contributed by atoms with E-state index in [1.165, 1.54) is 21.0 Å². The Morgan fingerprint density at radius 2 is 2.08 bits per heavy atom. The van der Waals surface area contributed by atoms with Crippen LogP contribution in [0.1, 0.15) is 50.4 Å². The summed E-state index contributed by atoms with van der Waals surface area (Å²) in [5, 5.41) is 2.98. The first-order valence-electron chi connectivity index (χ1n) is 11.6. The van der Waals surface area contributed by atoms with E-state index in [0.29, 0.717) is 22.0 Å². The van der Waals surface area contributed by atoms with Crippen LogP contribution in [0.15, 0.2) is 45.3 Å². The van der Waals surface area contributed by atoms with Gasteiger partial charge in [-0.3, -0.25) is 4.55 Å². The molecule has 0 fully saturated rings. The third-order valence-corrected chi connectivity index (χ3v) is 13.6. The van der Waals surface area contributed by atoms with Crippen molar-refractivity contribution in [1.29, 1.82) is 0 Å². The molecule has 0 aliphatic carbocycles. The van der Waals surface area contributed by atoms with E-state index in [1.54, 1.807) is 15.5 Å². The van der Waals surface area contributed by atoms with Gasteiger partial charge in [0.2, 0.25) is 0 Å². The summed E-state index contributed by atoms with van der Waals surface area (Å²) in [5.41, 5.74) is 3.70. The molecule has 1 aromatic carbocycles. The Hall–Kier alpha value is -0.830. The summed E-state index contributed by atoms with van der Waals surface area (Å²) in [6.45, 7) is 10.4. The van der Waals surface area contributed by atoms with Crippen molar-refractivity contribution >= 4 is 87.3 Å². The molecule has 196 valence electrons. The molecule has 3 heterocycles. The predicted molar refractivity (Wildman–Crippen MR) is 153 cm³/mol. The Morgan fingerprint density at radius 1 is 1.33 bits per heavy atom. The second-order valence-corrected chi connectivity index (χ2v) is 16.5. The summed E-state index contributed by atoms with van der Waals surface area (Å²) >= 11 is 9.58. The van der Waals surface area contributed by atoms with Crippen LogP contribution in [0.25, 0.3) is 12.2 Å². The summed E-state index contributed by atoms with van der Waals surface area (Å²) < 4.78 is 36.5. The van der Waals surface area contributed by atoms with Crippen LogP contribution in [0.2, 0.25) is 8.99 Å². The number of anilines is 1. The Morgan fingerprint density at radius 3 is 2.75 bits per heavy atom. The fraction of sp³-hybridized carbons (Fsp3) is 0.400. The first kappa shape index (κ1) is 29.7. The average Bonchev–Trinajstić information content (AvgIpc) is 3.29. The van der Waals surface area contributed by atoms with Crippen molar-refractivity contribution in [3.05, 3.63) is 55.4 Å². The number of allylic oxidation sites excluding steroid dienone is 3. The number of thiazole rings is 1. The standard InChI is InChI=1S/C25H29ClN2O3S3Te.H2O/c1-5-18(13-23-27(6-2)25-22(33-23)12-16(3)17(4)35-25)14-24-28(10-7-11-34(29,30)31)20-15-19(26)8-9-21(20)32-24;/h8-9,12-15,17H,5-7,10-11H2,1-4H3;1H2. The second kappa shape index (κ2) is 12.4. The maximum absolute atomic E-state index is 11.3. The molecular weight excluding hydrogens is 652 g/mol. The van der Waals surface area contributed by atoms with Crippen molar-refractivity contribution in [3.8, 4) is 0 Å². The maximum atomic E-state index is 11.3. The zero-order valence-corrected chi connectivity index (χ0v) is 26.2. The Balaban J connectivity index is 0.00000361. The third-order valence-electron chi connectivity index (χ3n) is 6.04. The number of hydrogen-bond acceptors (Lipinski definition) is 6. The Bertz CT molecular complexity index is 1340. The molecule has 36 heavy (non-hydrogen) atoms. The molecule has 0 amide bonds. The fourth-order valence-corrected chi connectivity index (χ4v) is 11.1. The number of halogens is 1. The van der Waals surface area contributed by atoms with E-state index < -0.39 is 10.1 Å². The van der Waals surface area contributed by atoms with Gasteiger partial charge < -0.3 is 5.48 Å². The monoisotopic (exact) mass is 684 g/mol. The molecule has 6 nitrogen and oxygen atoms in total. The number of benzene rings is 1. The summed E-state index contributed by atoms with van der Waals surface area (Å²) in [7, 11) is -4.00. The van der Waals surface area contributed by atoms with Crippen LogP contribution in [-0.2, 0) is 16.7 Å². The molecule has 0 radical (unpaired) electrons. The van der Waals surface area contributed by atoms with E-state index >= 15 is 0 Å². The molecule has 1 atom stereocenters. The first-order chi connectivity index (χ1) is 16.6. The van der Waals surface area contributed by atoms with Crippen LogP contribution in [0.3, 0.4) is 0 Å². The van der Waals surface area contributed by atoms with Crippen LogP contribution < -0.4 is 13.2 Å². The fourth-order valence-electron chi connectivity index (χ4n) is 4.03. The zero-order valence-electron chi connectivity index (χ0n) is 20.7. The van der Waals surface area contributed by atoms with Gasteiger partial charge in [-0.25, -0.2) is 0 Å². The molecule has 2 aliphatic heterocycles. The predicted octanol–water partition coefficient (Wildman–Crippen LogP) is 5.61. The van der Waals surface area contributed by atoms with Crippen LogP contribution in [-0.4, -0.2) is 51.7 Å². The van der Waals surface area contributed by atoms with E-state index in [9.17, 15) is 13.0 Å². The van der Waals surface area contributed by atoms with Gasteiger partial charge in [0.1, 0.15) is 0 Å². The average molecular weight is 683 g/mol. The number of rotatable bonds is 8. The number of aromatic nitrogens is 1. The summed E-state index contributed by atoms with van der Waals surface area (Å²) in [6, 6.07) is 5.81. The van der Waals surface area contributed by atoms with E-state index in [-0.39, 0.29) is 32.2 Å². The van der Waals surface area contributed by atoms with Crippen molar-refractivity contribution < 1.29 is 23.0 Å². The molecule has 0 saturated heterocycles. The molecule has 1 aromatic heterocycles. The molecule has 4 rings (SSSR count). The van der Waals surface area contributed by atoms with Gasteiger partial charge in [-0.05, 0) is 0 Å². The van der Waals surface area contributed by atoms with Crippen molar-refractivity contribution in [2.24, 2.45) is 0 Å². The topological polar surface area (TPSA) is 91.5 Å². The molecule has 0 spiro atoms. The van der Waals surface area contributed by atoms with E-state index in [0.717, 1.165) is 28.6 Å². The Labute approximate surface area is 237 Å². The first-order valence-corrected chi connectivity index (χ1v) is 17.8. The zero-order chi connectivity index (χ0) is 25.3. The minimum Gasteiger partial charge on any atom is -0.870 e. The second-order valence-electron chi connectivity index (χ2n) is 8.56. The number of nitrogens with zero attached hydrogens (tertiary/aromatic N) is 2. The van der Waals surface area contributed by atoms with Crippen LogP contribution >= 0.6 is 34.7 Å². The molecule has 11 heteroatoms. The number of thioether (sulfide) groups is 1. The van der Waals surface area contributed by atoms with Gasteiger partial charge >= 0.3 is 220 Å². The summed E-state index contributed by atoms with van der Waals surface area (Å²) in [5.74, 6) is -0.264. The van der Waals surface area contributed by atoms with Crippen LogP contribution in [0.4, 0.5) is 5.69 Å². The minimum atomic E-state index is -4.00. The van der Waals surface area contributed by atoms with Crippen molar-refractivity contribution in [3.63, 3.8) is 0 Å². The molecule has 2 aromatic rings. The van der Waals surface area contributed by atoms with Gasteiger partial charge in [0.05, 0.1) is 0 Å². The number of hydrogen-bond donors (Lipinski definition) is 1. The van der Waals surface area contributed by atoms with Gasteiger partial charge in [0, 0.05) is 0 Å². The molecule has 2 aliphatic rings. The van der Waals surface area contributed by atoms with E-state index in [4.69, 9.17) is 11.6 Å². The summed E-state index contributed by atoms with van der Waals surface area (Å²) in [4.78, 5) is 4.63. The van der Waals surface area contributed by atoms with E-state index in [1.807, 2.05) is 29.5 Å². The normalized spacial score (nSPS) is 18.7. The van der Waals surface area contributed by atoms with E-state index in [2.05, 4.69) is 55.4 Å². The molecule has 1 unspecified atom stereocenters. The van der Waals surface area contributed by atoms with Crippen molar-refractivity contribution in [1.82, 2.24) is 0 Å². The van der Waals surface area contributed by atoms with Crippen molar-refractivity contribution in [2.45, 2.75) is 55.9 Å². The minimum absolute atomic E-state index is 0. The summed E-state index contributed by atoms with van der Waals surface area (Å²) in [6.07, 6.45) is 8.11. The van der Waals surface area contributed by atoms with Gasteiger partial charge in [0.15, 0.2) is 0 Å². The Kier molecular flexibility index (Phi) is 10.2. The molecule has 0 bridgehead atoms. The third kappa shape index (κ3) is 6.78. The molecule has 0 saturated carbocycles. The van der Waals surface area contributed by atoms with Gasteiger partial charge in [-0.1, -0.05) is 0 Å². The molecule has 2 N–H and O–H groups in total. The molecular formula is C25H31ClN2O4S3Te. The van der Waals surface area contributed by atoms with Crippen LogP contribution in [0, 0.1) is 0 Å². The van der Waals surface area contributed by atoms with Gasteiger partial charge in [-0.2, -0.15) is 8.42 Å². The number of fused-ring (bicyclic) bond motifs is 2. The quantitative estimate of drug-likeness (QED) is 0.221.